The van der Waals surface area contributed by atoms with Gasteiger partial charge in [0.05, 0.1) is 5.69 Å². The zero-order valence-electron chi connectivity index (χ0n) is 14.4. The maximum Gasteiger partial charge on any atom is 0.187 e. The van der Waals surface area contributed by atoms with E-state index in [0.29, 0.717) is 0 Å². The van der Waals surface area contributed by atoms with Crippen LogP contribution in [0.2, 0.25) is 0 Å². The minimum atomic E-state index is 0.204. The standard InChI is InChI=1S/C19H21N5S/c1-15(18-8-9-20-14-23-18)24(2)12-17-10-21-19(22-11-17)25-13-16-6-4-3-5-7-16/h3-11,14-15H,12-13H2,1-2H3/t15-/m1/s1. The van der Waals surface area contributed by atoms with E-state index in [9.17, 15) is 0 Å². The van der Waals surface area contributed by atoms with E-state index in [4.69, 9.17) is 0 Å². The van der Waals surface area contributed by atoms with Gasteiger partial charge in [0.1, 0.15) is 6.33 Å². The minimum Gasteiger partial charge on any atom is -0.294 e. The van der Waals surface area contributed by atoms with E-state index in [2.05, 4.69) is 63.1 Å². The highest BCUT2D eigenvalue weighted by Gasteiger charge is 2.13. The largest absolute Gasteiger partial charge is 0.294 e. The fourth-order valence-electron chi connectivity index (χ4n) is 2.42. The van der Waals surface area contributed by atoms with Gasteiger partial charge in [-0.05, 0) is 25.6 Å². The third-order valence-electron chi connectivity index (χ3n) is 4.02. The van der Waals surface area contributed by atoms with Crippen molar-refractivity contribution in [1.82, 2.24) is 24.8 Å². The predicted molar refractivity (Wildman–Crippen MR) is 99.9 cm³/mol. The molecule has 25 heavy (non-hydrogen) atoms. The van der Waals surface area contributed by atoms with Crippen molar-refractivity contribution in [1.29, 1.82) is 0 Å². The minimum absolute atomic E-state index is 0.204. The van der Waals surface area contributed by atoms with Crippen LogP contribution >= 0.6 is 11.8 Å². The van der Waals surface area contributed by atoms with E-state index in [0.717, 1.165) is 28.7 Å². The Labute approximate surface area is 152 Å². The molecular weight excluding hydrogens is 330 g/mol. The summed E-state index contributed by atoms with van der Waals surface area (Å²) in [5.41, 5.74) is 3.37. The summed E-state index contributed by atoms with van der Waals surface area (Å²) in [6.07, 6.45) is 7.17. The van der Waals surface area contributed by atoms with Crippen LogP contribution in [0.3, 0.4) is 0 Å². The van der Waals surface area contributed by atoms with Crippen molar-refractivity contribution in [2.45, 2.75) is 30.4 Å². The average molecular weight is 351 g/mol. The van der Waals surface area contributed by atoms with E-state index in [1.807, 2.05) is 24.5 Å². The molecule has 0 aliphatic rings. The van der Waals surface area contributed by atoms with Crippen LogP contribution in [0.4, 0.5) is 0 Å². The molecule has 2 heterocycles. The summed E-state index contributed by atoms with van der Waals surface area (Å²) in [6.45, 7) is 2.90. The van der Waals surface area contributed by atoms with Crippen molar-refractivity contribution in [2.24, 2.45) is 0 Å². The molecule has 128 valence electrons. The second-order valence-electron chi connectivity index (χ2n) is 5.87. The lowest BCUT2D eigenvalue weighted by Gasteiger charge is -2.23. The van der Waals surface area contributed by atoms with Crippen LogP contribution in [-0.2, 0) is 12.3 Å². The van der Waals surface area contributed by atoms with Gasteiger partial charge in [0.25, 0.3) is 0 Å². The van der Waals surface area contributed by atoms with Gasteiger partial charge in [0, 0.05) is 42.5 Å². The second kappa shape index (κ2) is 8.69. The first-order valence-corrected chi connectivity index (χ1v) is 9.15. The second-order valence-corrected chi connectivity index (χ2v) is 6.82. The number of rotatable bonds is 7. The van der Waals surface area contributed by atoms with Crippen LogP contribution in [0.5, 0.6) is 0 Å². The first-order chi connectivity index (χ1) is 12.2. The quantitative estimate of drug-likeness (QED) is 0.477. The molecule has 0 spiro atoms. The van der Waals surface area contributed by atoms with Crippen molar-refractivity contribution in [3.8, 4) is 0 Å². The smallest absolute Gasteiger partial charge is 0.187 e. The van der Waals surface area contributed by atoms with Crippen molar-refractivity contribution in [3.63, 3.8) is 0 Å². The highest BCUT2D eigenvalue weighted by molar-refractivity contribution is 7.98. The number of benzene rings is 1. The molecule has 0 aliphatic carbocycles. The summed E-state index contributed by atoms with van der Waals surface area (Å²) in [5.74, 6) is 0.880. The monoisotopic (exact) mass is 351 g/mol. The molecule has 0 saturated heterocycles. The Morgan fingerprint density at radius 1 is 1.00 bits per heavy atom. The van der Waals surface area contributed by atoms with Crippen molar-refractivity contribution in [2.75, 3.05) is 7.05 Å². The molecule has 2 aromatic heterocycles. The Morgan fingerprint density at radius 2 is 1.76 bits per heavy atom. The Morgan fingerprint density at radius 3 is 2.44 bits per heavy atom. The molecule has 0 bridgehead atoms. The van der Waals surface area contributed by atoms with Gasteiger partial charge >= 0.3 is 0 Å². The fourth-order valence-corrected chi connectivity index (χ4v) is 3.16. The van der Waals surface area contributed by atoms with Gasteiger partial charge in [-0.25, -0.2) is 19.9 Å². The lowest BCUT2D eigenvalue weighted by molar-refractivity contribution is 0.247. The summed E-state index contributed by atoms with van der Waals surface area (Å²) >= 11 is 1.65. The van der Waals surface area contributed by atoms with Crippen LogP contribution in [0, 0.1) is 0 Å². The van der Waals surface area contributed by atoms with Crippen molar-refractivity contribution < 1.29 is 0 Å². The van der Waals surface area contributed by atoms with Crippen LogP contribution in [0.15, 0.2) is 66.5 Å². The van der Waals surface area contributed by atoms with E-state index >= 15 is 0 Å². The molecule has 1 aromatic carbocycles. The lowest BCUT2D eigenvalue weighted by atomic mass is 10.2. The Hall–Kier alpha value is -2.31. The van der Waals surface area contributed by atoms with Gasteiger partial charge in [-0.15, -0.1) is 0 Å². The first-order valence-electron chi connectivity index (χ1n) is 8.16. The van der Waals surface area contributed by atoms with E-state index < -0.39 is 0 Å². The van der Waals surface area contributed by atoms with Gasteiger partial charge in [-0.2, -0.15) is 0 Å². The summed E-state index contributed by atoms with van der Waals surface area (Å²) < 4.78 is 0. The maximum atomic E-state index is 4.48. The van der Waals surface area contributed by atoms with E-state index in [1.165, 1.54) is 5.56 Å². The van der Waals surface area contributed by atoms with Crippen LogP contribution < -0.4 is 0 Å². The number of nitrogens with zero attached hydrogens (tertiary/aromatic N) is 5. The first kappa shape index (κ1) is 17.5. The molecule has 6 heteroatoms. The SMILES string of the molecule is C[C@H](c1ccncn1)N(C)Cc1cnc(SCc2ccccc2)nc1. The molecule has 3 rings (SSSR count). The highest BCUT2D eigenvalue weighted by atomic mass is 32.2. The van der Waals surface area contributed by atoms with Gasteiger partial charge in [0.2, 0.25) is 0 Å². The van der Waals surface area contributed by atoms with Gasteiger partial charge in [0.15, 0.2) is 5.16 Å². The molecule has 5 nitrogen and oxygen atoms in total. The van der Waals surface area contributed by atoms with E-state index in [-0.39, 0.29) is 6.04 Å². The Bertz CT molecular complexity index is 765. The third kappa shape index (κ3) is 5.08. The number of thioether (sulfide) groups is 1. The Kier molecular flexibility index (Phi) is 6.09. The van der Waals surface area contributed by atoms with E-state index in [1.54, 1.807) is 24.3 Å². The van der Waals surface area contributed by atoms with Gasteiger partial charge in [-0.1, -0.05) is 42.1 Å². The summed E-state index contributed by atoms with van der Waals surface area (Å²) in [7, 11) is 2.07. The average Bonchev–Trinajstić information content (AvgIpc) is 2.68. The molecule has 0 N–H and O–H groups in total. The zero-order valence-corrected chi connectivity index (χ0v) is 15.2. The topological polar surface area (TPSA) is 54.8 Å². The summed E-state index contributed by atoms with van der Waals surface area (Å²) in [5, 5.41) is 0.805. The third-order valence-corrected chi connectivity index (χ3v) is 4.97. The summed E-state index contributed by atoms with van der Waals surface area (Å²) in [6, 6.07) is 12.5. The van der Waals surface area contributed by atoms with Crippen molar-refractivity contribution in [3.05, 3.63) is 78.1 Å². The maximum absolute atomic E-state index is 4.48. The normalized spacial score (nSPS) is 12.3. The van der Waals surface area contributed by atoms with Crippen molar-refractivity contribution >= 4 is 11.8 Å². The lowest BCUT2D eigenvalue weighted by Crippen LogP contribution is -2.22. The Balaban J connectivity index is 1.55. The molecule has 0 radical (unpaired) electrons. The fraction of sp³-hybridized carbons (Fsp3) is 0.263. The van der Waals surface area contributed by atoms with Crippen LogP contribution in [0.25, 0.3) is 0 Å². The molecule has 0 amide bonds. The molecule has 0 saturated carbocycles. The molecule has 1 atom stereocenters. The highest BCUT2D eigenvalue weighted by Crippen LogP contribution is 2.20. The van der Waals surface area contributed by atoms with Crippen LogP contribution in [0.1, 0.15) is 29.8 Å². The molecule has 0 unspecified atom stereocenters. The number of hydrogen-bond donors (Lipinski definition) is 0. The molecule has 3 aromatic rings. The van der Waals surface area contributed by atoms with Gasteiger partial charge < -0.3 is 0 Å². The summed E-state index contributed by atoms with van der Waals surface area (Å²) in [4.78, 5) is 19.5. The van der Waals surface area contributed by atoms with Gasteiger partial charge in [-0.3, -0.25) is 4.90 Å². The predicted octanol–water partition coefficient (Wildman–Crippen LogP) is 3.75. The number of aromatic nitrogens is 4. The molecule has 0 aliphatic heterocycles. The molecule has 0 fully saturated rings. The number of hydrogen-bond acceptors (Lipinski definition) is 6. The molecular formula is C19H21N5S. The zero-order chi connectivity index (χ0) is 17.5. The van der Waals surface area contributed by atoms with Crippen LogP contribution in [-0.4, -0.2) is 31.9 Å².